The summed E-state index contributed by atoms with van der Waals surface area (Å²) in [6.45, 7) is 7.08. The maximum Gasteiger partial charge on any atom is 0.409 e. The summed E-state index contributed by atoms with van der Waals surface area (Å²) in [5, 5.41) is 2.82. The Balaban J connectivity index is 2.30. The van der Waals surface area contributed by atoms with Gasteiger partial charge in [-0.25, -0.2) is 9.59 Å². The largest absolute Gasteiger partial charge is 0.450 e. The van der Waals surface area contributed by atoms with Crippen molar-refractivity contribution in [3.05, 3.63) is 0 Å². The van der Waals surface area contributed by atoms with Crippen LogP contribution in [-0.2, 0) is 4.74 Å². The van der Waals surface area contributed by atoms with E-state index in [-0.39, 0.29) is 12.1 Å². The molecule has 1 N–H and O–H groups in total. The molecule has 0 aromatic carbocycles. The maximum atomic E-state index is 11.6. The fourth-order valence-electron chi connectivity index (χ4n) is 1.65. The Morgan fingerprint density at radius 1 is 1.12 bits per heavy atom. The van der Waals surface area contributed by atoms with Gasteiger partial charge in [0.05, 0.1) is 6.61 Å². The summed E-state index contributed by atoms with van der Waals surface area (Å²) in [4.78, 5) is 26.4. The highest BCUT2D eigenvalue weighted by Crippen LogP contribution is 2.04. The van der Waals surface area contributed by atoms with Crippen LogP contribution in [0.4, 0.5) is 9.59 Å². The van der Waals surface area contributed by atoms with Crippen LogP contribution in [0.15, 0.2) is 0 Å². The first kappa shape index (κ1) is 13.6. The fourth-order valence-corrected chi connectivity index (χ4v) is 1.65. The molecular formula is C11H21N3O3. The van der Waals surface area contributed by atoms with Crippen LogP contribution in [0, 0.1) is 0 Å². The predicted octanol–water partition coefficient (Wildman–Crippen LogP) is 0.880. The molecule has 1 aliphatic rings. The van der Waals surface area contributed by atoms with Crippen molar-refractivity contribution in [1.82, 2.24) is 15.1 Å². The van der Waals surface area contributed by atoms with Crippen molar-refractivity contribution in [2.24, 2.45) is 0 Å². The summed E-state index contributed by atoms with van der Waals surface area (Å²) in [5.74, 6) is 0. The van der Waals surface area contributed by atoms with E-state index in [1.54, 1.807) is 16.7 Å². The highest BCUT2D eigenvalue weighted by molar-refractivity contribution is 5.74. The van der Waals surface area contributed by atoms with E-state index in [0.717, 1.165) is 6.42 Å². The maximum absolute atomic E-state index is 11.6. The zero-order valence-corrected chi connectivity index (χ0v) is 10.6. The molecule has 6 nitrogen and oxygen atoms in total. The van der Waals surface area contributed by atoms with E-state index in [0.29, 0.717) is 39.3 Å². The number of hydrogen-bond acceptors (Lipinski definition) is 3. The summed E-state index contributed by atoms with van der Waals surface area (Å²) in [5.41, 5.74) is 0. The van der Waals surface area contributed by atoms with Crippen molar-refractivity contribution in [2.45, 2.75) is 20.3 Å². The molecule has 3 amide bonds. The van der Waals surface area contributed by atoms with Gasteiger partial charge in [-0.3, -0.25) is 0 Å². The normalized spacial score (nSPS) is 15.6. The first-order valence-corrected chi connectivity index (χ1v) is 6.13. The molecule has 1 rings (SSSR count). The van der Waals surface area contributed by atoms with E-state index < -0.39 is 0 Å². The molecule has 0 aromatic heterocycles. The lowest BCUT2D eigenvalue weighted by atomic mass is 10.3. The van der Waals surface area contributed by atoms with Gasteiger partial charge >= 0.3 is 12.1 Å². The molecule has 0 radical (unpaired) electrons. The molecule has 6 heteroatoms. The van der Waals surface area contributed by atoms with Gasteiger partial charge in [-0.05, 0) is 13.3 Å². The van der Waals surface area contributed by atoms with Crippen molar-refractivity contribution >= 4 is 12.1 Å². The van der Waals surface area contributed by atoms with Crippen LogP contribution in [0.5, 0.6) is 0 Å². The van der Waals surface area contributed by atoms with Gasteiger partial charge in [0.15, 0.2) is 0 Å². The summed E-state index contributed by atoms with van der Waals surface area (Å²) >= 11 is 0. The molecule has 1 fully saturated rings. The van der Waals surface area contributed by atoms with Crippen molar-refractivity contribution in [3.63, 3.8) is 0 Å². The summed E-state index contributed by atoms with van der Waals surface area (Å²) in [6, 6.07) is -0.0460. The summed E-state index contributed by atoms with van der Waals surface area (Å²) in [6.07, 6.45) is 0.634. The second kappa shape index (κ2) is 6.98. The number of nitrogens with one attached hydrogen (secondary N) is 1. The number of carbonyl (C=O) groups is 2. The van der Waals surface area contributed by atoms with Gasteiger partial charge in [-0.2, -0.15) is 0 Å². The average molecular weight is 243 g/mol. The predicted molar refractivity (Wildman–Crippen MR) is 63.9 cm³/mol. The fraction of sp³-hybridized carbons (Fsp3) is 0.818. The number of hydrogen-bond donors (Lipinski definition) is 1. The summed E-state index contributed by atoms with van der Waals surface area (Å²) in [7, 11) is 0. The van der Waals surface area contributed by atoms with Crippen LogP contribution >= 0.6 is 0 Å². The lowest BCUT2D eigenvalue weighted by molar-refractivity contribution is 0.0852. The van der Waals surface area contributed by atoms with Crippen molar-refractivity contribution < 1.29 is 14.3 Å². The number of piperazine rings is 1. The third-order valence-corrected chi connectivity index (χ3v) is 2.62. The number of rotatable bonds is 3. The number of amides is 3. The zero-order valence-electron chi connectivity index (χ0n) is 10.6. The SMILES string of the molecule is CCCNC(=O)N1CCN(C(=O)OCC)CC1. The van der Waals surface area contributed by atoms with E-state index in [1.807, 2.05) is 6.92 Å². The number of carbonyl (C=O) groups excluding carboxylic acids is 2. The Morgan fingerprint density at radius 3 is 2.24 bits per heavy atom. The molecule has 0 atom stereocenters. The van der Waals surface area contributed by atoms with Gasteiger partial charge in [0.25, 0.3) is 0 Å². The molecule has 0 aliphatic carbocycles. The molecule has 1 aliphatic heterocycles. The Morgan fingerprint density at radius 2 is 1.71 bits per heavy atom. The van der Waals surface area contributed by atoms with Crippen molar-refractivity contribution in [3.8, 4) is 0 Å². The smallest absolute Gasteiger partial charge is 0.409 e. The molecule has 98 valence electrons. The van der Waals surface area contributed by atoms with Crippen LogP contribution in [0.3, 0.4) is 0 Å². The quantitative estimate of drug-likeness (QED) is 0.800. The Hall–Kier alpha value is -1.46. The second-order valence-electron chi connectivity index (χ2n) is 3.90. The molecule has 0 unspecified atom stereocenters. The molecular weight excluding hydrogens is 222 g/mol. The number of ether oxygens (including phenoxy) is 1. The van der Waals surface area contributed by atoms with E-state index in [2.05, 4.69) is 5.32 Å². The Labute approximate surface area is 102 Å². The average Bonchev–Trinajstić information content (AvgIpc) is 2.36. The van der Waals surface area contributed by atoms with Gasteiger partial charge in [0, 0.05) is 32.7 Å². The molecule has 0 bridgehead atoms. The molecule has 17 heavy (non-hydrogen) atoms. The Bertz CT molecular complexity index is 263. The van der Waals surface area contributed by atoms with Crippen LogP contribution in [-0.4, -0.2) is 61.3 Å². The number of urea groups is 1. The third kappa shape index (κ3) is 4.13. The zero-order chi connectivity index (χ0) is 12.7. The van der Waals surface area contributed by atoms with Gasteiger partial charge in [0.1, 0.15) is 0 Å². The van der Waals surface area contributed by atoms with Crippen LogP contribution < -0.4 is 5.32 Å². The minimum Gasteiger partial charge on any atom is -0.450 e. The first-order valence-electron chi connectivity index (χ1n) is 6.13. The van der Waals surface area contributed by atoms with Gasteiger partial charge < -0.3 is 19.9 Å². The van der Waals surface area contributed by atoms with E-state index in [4.69, 9.17) is 4.74 Å². The monoisotopic (exact) mass is 243 g/mol. The van der Waals surface area contributed by atoms with E-state index in [9.17, 15) is 9.59 Å². The van der Waals surface area contributed by atoms with Crippen LogP contribution in [0.25, 0.3) is 0 Å². The number of nitrogens with zero attached hydrogens (tertiary/aromatic N) is 2. The minimum atomic E-state index is -0.291. The third-order valence-electron chi connectivity index (χ3n) is 2.62. The van der Waals surface area contributed by atoms with Crippen LogP contribution in [0.2, 0.25) is 0 Å². The highest BCUT2D eigenvalue weighted by Gasteiger charge is 2.24. The van der Waals surface area contributed by atoms with E-state index >= 15 is 0 Å². The van der Waals surface area contributed by atoms with Crippen LogP contribution in [0.1, 0.15) is 20.3 Å². The standard InChI is InChI=1S/C11H21N3O3/c1-3-5-12-10(15)13-6-8-14(9-7-13)11(16)17-4-2/h3-9H2,1-2H3,(H,12,15). The van der Waals surface area contributed by atoms with Crippen molar-refractivity contribution in [1.29, 1.82) is 0 Å². The minimum absolute atomic E-state index is 0.0460. The van der Waals surface area contributed by atoms with Crippen molar-refractivity contribution in [2.75, 3.05) is 39.3 Å². The highest BCUT2D eigenvalue weighted by atomic mass is 16.6. The topological polar surface area (TPSA) is 61.9 Å². The van der Waals surface area contributed by atoms with Gasteiger partial charge in [-0.1, -0.05) is 6.92 Å². The summed E-state index contributed by atoms with van der Waals surface area (Å²) < 4.78 is 4.91. The van der Waals surface area contributed by atoms with E-state index in [1.165, 1.54) is 0 Å². The molecule has 0 aromatic rings. The molecule has 1 saturated heterocycles. The van der Waals surface area contributed by atoms with Gasteiger partial charge in [0.2, 0.25) is 0 Å². The Kier molecular flexibility index (Phi) is 5.59. The van der Waals surface area contributed by atoms with Gasteiger partial charge in [-0.15, -0.1) is 0 Å². The molecule has 1 heterocycles. The second-order valence-corrected chi connectivity index (χ2v) is 3.90. The lowest BCUT2D eigenvalue weighted by Gasteiger charge is -2.33. The lowest BCUT2D eigenvalue weighted by Crippen LogP contribution is -2.53. The molecule has 0 saturated carbocycles. The molecule has 0 spiro atoms. The first-order chi connectivity index (χ1) is 8.19.